The molecule has 0 radical (unpaired) electrons. The van der Waals surface area contributed by atoms with E-state index in [9.17, 15) is 4.79 Å². The molecule has 1 aromatic carbocycles. The first-order valence-corrected chi connectivity index (χ1v) is 10.7. The van der Waals surface area contributed by atoms with Crippen LogP contribution in [0.3, 0.4) is 0 Å². The molecule has 0 N–H and O–H groups in total. The van der Waals surface area contributed by atoms with Crippen molar-refractivity contribution in [2.45, 2.75) is 25.2 Å². The smallest absolute Gasteiger partial charge is 0.233 e. The monoisotopic (exact) mass is 409 g/mol. The maximum atomic E-state index is 13.7. The third-order valence-corrected chi connectivity index (χ3v) is 6.22. The van der Waals surface area contributed by atoms with Crippen molar-refractivity contribution >= 4 is 17.7 Å². The molecule has 0 unspecified atom stereocenters. The fraction of sp³-hybridized carbons (Fsp3) is 0.522. The van der Waals surface area contributed by atoms with Gasteiger partial charge in [-0.3, -0.25) is 4.79 Å². The SMILES string of the molecule is Cc1cc(N(C)C)nc(N2CCN(C(=O)C3(c4ccccc4)CCOCC3)CC2)n1. The van der Waals surface area contributed by atoms with E-state index >= 15 is 0 Å². The van der Waals surface area contributed by atoms with E-state index in [1.54, 1.807) is 0 Å². The number of piperazine rings is 1. The highest BCUT2D eigenvalue weighted by Crippen LogP contribution is 2.37. The van der Waals surface area contributed by atoms with Gasteiger partial charge < -0.3 is 19.4 Å². The van der Waals surface area contributed by atoms with Crippen LogP contribution >= 0.6 is 0 Å². The van der Waals surface area contributed by atoms with Crippen LogP contribution in [0.2, 0.25) is 0 Å². The van der Waals surface area contributed by atoms with Gasteiger partial charge in [0.1, 0.15) is 5.82 Å². The van der Waals surface area contributed by atoms with E-state index in [0.717, 1.165) is 49.0 Å². The summed E-state index contributed by atoms with van der Waals surface area (Å²) in [5.74, 6) is 1.88. The summed E-state index contributed by atoms with van der Waals surface area (Å²) in [6.45, 7) is 6.10. The second-order valence-corrected chi connectivity index (χ2v) is 8.40. The van der Waals surface area contributed by atoms with E-state index in [1.807, 2.05) is 55.1 Å². The highest BCUT2D eigenvalue weighted by atomic mass is 16.5. The Hall–Kier alpha value is -2.67. The van der Waals surface area contributed by atoms with Crippen molar-refractivity contribution in [3.8, 4) is 0 Å². The Morgan fingerprint density at radius 3 is 2.33 bits per heavy atom. The average molecular weight is 410 g/mol. The van der Waals surface area contributed by atoms with Gasteiger partial charge in [-0.15, -0.1) is 0 Å². The molecular weight excluding hydrogens is 378 g/mol. The molecule has 2 fully saturated rings. The van der Waals surface area contributed by atoms with Crippen molar-refractivity contribution in [1.29, 1.82) is 0 Å². The predicted molar refractivity (Wildman–Crippen MR) is 118 cm³/mol. The van der Waals surface area contributed by atoms with E-state index < -0.39 is 5.41 Å². The summed E-state index contributed by atoms with van der Waals surface area (Å²) in [5.41, 5.74) is 1.59. The minimum Gasteiger partial charge on any atom is -0.381 e. The fourth-order valence-electron chi connectivity index (χ4n) is 4.42. The molecule has 2 aliphatic rings. The van der Waals surface area contributed by atoms with E-state index in [0.29, 0.717) is 26.3 Å². The summed E-state index contributed by atoms with van der Waals surface area (Å²) in [4.78, 5) is 29.3. The number of benzene rings is 1. The third kappa shape index (κ3) is 3.99. The van der Waals surface area contributed by atoms with E-state index in [1.165, 1.54) is 0 Å². The second-order valence-electron chi connectivity index (χ2n) is 8.40. The summed E-state index contributed by atoms with van der Waals surface area (Å²) >= 11 is 0. The maximum Gasteiger partial charge on any atom is 0.233 e. The largest absolute Gasteiger partial charge is 0.381 e. The van der Waals surface area contributed by atoms with Gasteiger partial charge in [-0.1, -0.05) is 30.3 Å². The number of ether oxygens (including phenoxy) is 1. The van der Waals surface area contributed by atoms with Crippen LogP contribution in [0.4, 0.5) is 11.8 Å². The molecule has 30 heavy (non-hydrogen) atoms. The fourth-order valence-corrected chi connectivity index (χ4v) is 4.42. The first-order valence-electron chi connectivity index (χ1n) is 10.7. The number of nitrogens with zero attached hydrogens (tertiary/aromatic N) is 5. The number of anilines is 2. The van der Waals surface area contributed by atoms with Crippen LogP contribution in [0.1, 0.15) is 24.1 Å². The first kappa shape index (κ1) is 20.6. The van der Waals surface area contributed by atoms with Gasteiger partial charge in [0.05, 0.1) is 5.41 Å². The highest BCUT2D eigenvalue weighted by molar-refractivity contribution is 5.88. The molecule has 160 valence electrons. The third-order valence-electron chi connectivity index (χ3n) is 6.22. The van der Waals surface area contributed by atoms with Gasteiger partial charge in [0.15, 0.2) is 0 Å². The second kappa shape index (κ2) is 8.60. The molecule has 1 amide bonds. The lowest BCUT2D eigenvalue weighted by Gasteiger charge is -2.43. The van der Waals surface area contributed by atoms with Gasteiger partial charge in [-0.2, -0.15) is 4.98 Å². The van der Waals surface area contributed by atoms with Crippen molar-refractivity contribution in [1.82, 2.24) is 14.9 Å². The summed E-state index contributed by atoms with van der Waals surface area (Å²) in [5, 5.41) is 0. The van der Waals surface area contributed by atoms with Gasteiger partial charge in [0, 0.05) is 65.2 Å². The lowest BCUT2D eigenvalue weighted by Crippen LogP contribution is -2.56. The van der Waals surface area contributed by atoms with Crippen LogP contribution in [0.15, 0.2) is 36.4 Å². The molecular formula is C23H31N5O2. The summed E-state index contributed by atoms with van der Waals surface area (Å²) in [6.07, 6.45) is 1.48. The molecule has 0 bridgehead atoms. The highest BCUT2D eigenvalue weighted by Gasteiger charge is 2.44. The number of hydrogen-bond acceptors (Lipinski definition) is 6. The Kier molecular flexibility index (Phi) is 5.90. The van der Waals surface area contributed by atoms with Crippen LogP contribution in [0.25, 0.3) is 0 Å². The zero-order valence-corrected chi connectivity index (χ0v) is 18.2. The minimum absolute atomic E-state index is 0.232. The predicted octanol–water partition coefficient (Wildman–Crippen LogP) is 2.25. The van der Waals surface area contributed by atoms with Crippen LogP contribution in [-0.2, 0) is 14.9 Å². The average Bonchev–Trinajstić information content (AvgIpc) is 2.79. The Bertz CT molecular complexity index is 872. The molecule has 0 atom stereocenters. The molecule has 1 aromatic heterocycles. The maximum absolute atomic E-state index is 13.7. The van der Waals surface area contributed by atoms with Crippen LogP contribution in [-0.4, -0.2) is 74.3 Å². The zero-order chi connectivity index (χ0) is 21.1. The Morgan fingerprint density at radius 2 is 1.70 bits per heavy atom. The van der Waals surface area contributed by atoms with Crippen molar-refractivity contribution in [3.05, 3.63) is 47.7 Å². The van der Waals surface area contributed by atoms with Crippen LogP contribution in [0.5, 0.6) is 0 Å². The summed E-state index contributed by atoms with van der Waals surface area (Å²) in [7, 11) is 3.97. The molecule has 7 nitrogen and oxygen atoms in total. The molecule has 4 rings (SSSR count). The number of amides is 1. The van der Waals surface area contributed by atoms with E-state index in [2.05, 4.69) is 22.0 Å². The Morgan fingerprint density at radius 1 is 1.03 bits per heavy atom. The van der Waals surface area contributed by atoms with Crippen LogP contribution in [0, 0.1) is 6.92 Å². The quantitative estimate of drug-likeness (QED) is 0.772. The number of carbonyl (C=O) groups is 1. The first-order chi connectivity index (χ1) is 14.5. The van der Waals surface area contributed by atoms with E-state index in [-0.39, 0.29) is 5.91 Å². The number of aryl methyl sites for hydroxylation is 1. The Balaban J connectivity index is 1.50. The van der Waals surface area contributed by atoms with Gasteiger partial charge in [-0.05, 0) is 25.3 Å². The summed E-state index contributed by atoms with van der Waals surface area (Å²) in [6, 6.07) is 12.2. The molecule has 7 heteroatoms. The molecule has 0 spiro atoms. The number of carbonyl (C=O) groups excluding carboxylic acids is 1. The topological polar surface area (TPSA) is 61.8 Å². The zero-order valence-electron chi connectivity index (χ0n) is 18.2. The van der Waals surface area contributed by atoms with Crippen molar-refractivity contribution in [3.63, 3.8) is 0 Å². The summed E-state index contributed by atoms with van der Waals surface area (Å²) < 4.78 is 5.60. The Labute approximate surface area is 178 Å². The molecule has 2 saturated heterocycles. The molecule has 2 aromatic rings. The van der Waals surface area contributed by atoms with Gasteiger partial charge in [0.25, 0.3) is 0 Å². The minimum atomic E-state index is -0.473. The standard InChI is InChI=1S/C23H31N5O2/c1-18-17-20(26(2)3)25-22(24-18)28-13-11-27(12-14-28)21(29)23(9-15-30-16-10-23)19-7-5-4-6-8-19/h4-8,17H,9-16H2,1-3H3. The number of rotatable bonds is 4. The van der Waals surface area contributed by atoms with Gasteiger partial charge >= 0.3 is 0 Å². The number of aromatic nitrogens is 2. The molecule has 0 saturated carbocycles. The van der Waals surface area contributed by atoms with Crippen molar-refractivity contribution in [2.75, 3.05) is 63.3 Å². The van der Waals surface area contributed by atoms with Crippen molar-refractivity contribution < 1.29 is 9.53 Å². The molecule has 2 aliphatic heterocycles. The van der Waals surface area contributed by atoms with E-state index in [4.69, 9.17) is 9.72 Å². The van der Waals surface area contributed by atoms with Gasteiger partial charge in [-0.25, -0.2) is 4.98 Å². The molecule has 3 heterocycles. The lowest BCUT2D eigenvalue weighted by atomic mass is 9.73. The van der Waals surface area contributed by atoms with Crippen LogP contribution < -0.4 is 9.80 Å². The number of hydrogen-bond donors (Lipinski definition) is 0. The van der Waals surface area contributed by atoms with Gasteiger partial charge in [0.2, 0.25) is 11.9 Å². The molecule has 0 aliphatic carbocycles. The lowest BCUT2D eigenvalue weighted by molar-refractivity contribution is -0.141. The van der Waals surface area contributed by atoms with Crippen molar-refractivity contribution in [2.24, 2.45) is 0 Å². The normalized spacial score (nSPS) is 18.9.